The molecule has 0 bridgehead atoms. The van der Waals surface area contributed by atoms with E-state index in [1.54, 1.807) is 0 Å². The number of nitrogens with one attached hydrogen (secondary N) is 1. The van der Waals surface area contributed by atoms with Gasteiger partial charge in [0.2, 0.25) is 0 Å². The van der Waals surface area contributed by atoms with Crippen LogP contribution in [0.25, 0.3) is 0 Å². The Kier molecular flexibility index (Phi) is 8.46. The number of carbonyl (C=O) groups excluding carboxylic acids is 2. The van der Waals surface area contributed by atoms with Gasteiger partial charge >= 0.3 is 24.6 Å². The van der Waals surface area contributed by atoms with E-state index in [4.69, 9.17) is 0 Å². The number of Topliss-reactive ketones (excluding diaryl/α,β-unsaturated/α-hetero) is 1. The molecule has 0 fully saturated rings. The Morgan fingerprint density at radius 2 is 1.55 bits per heavy atom. The van der Waals surface area contributed by atoms with Crippen molar-refractivity contribution in [3.63, 3.8) is 0 Å². The highest BCUT2D eigenvalue weighted by atomic mass is 19.4. The molecule has 0 saturated carbocycles. The third kappa shape index (κ3) is 6.02. The first-order chi connectivity index (χ1) is 18.5. The number of anilines is 1. The molecule has 2 aromatic carbocycles. The Morgan fingerprint density at radius 3 is 2.10 bits per heavy atom. The van der Waals surface area contributed by atoms with Crippen LogP contribution >= 0.6 is 0 Å². The summed E-state index contributed by atoms with van der Waals surface area (Å²) in [5, 5.41) is 2.21. The summed E-state index contributed by atoms with van der Waals surface area (Å²) in [7, 11) is 0. The number of rotatable bonds is 8. The number of alkyl halides is 9. The molecule has 1 N–H and O–H groups in total. The maximum Gasteiger partial charge on any atom is 0.435 e. The highest BCUT2D eigenvalue weighted by Crippen LogP contribution is 2.54. The number of carbonyl (C=O) groups is 2. The number of amides is 1. The SMILES string of the molecule is Cc1cc(C(F)(C(F)(F)F)C(F)(F)F)cc(OC(F)F)c1CC(=O)c1cccc(NC(=O)c2ccncc2)c1F. The molecule has 3 rings (SSSR count). The van der Waals surface area contributed by atoms with Gasteiger partial charge in [0.05, 0.1) is 11.3 Å². The zero-order valence-corrected chi connectivity index (χ0v) is 19.9. The molecule has 0 spiro atoms. The van der Waals surface area contributed by atoms with Gasteiger partial charge in [0.1, 0.15) is 5.75 Å². The standard InChI is InChI=1S/C25H16F10N2O3/c1-12-9-14(23(29,24(30,31)32)25(33,34)35)10-19(40-22(27)28)16(12)11-18(38)15-3-2-4-17(20(15)26)37-21(39)13-5-7-36-8-6-13/h2-10,22H,11H2,1H3,(H,37,39). The molecule has 0 atom stereocenters. The van der Waals surface area contributed by atoms with Crippen LogP contribution in [-0.2, 0) is 12.1 Å². The Labute approximate surface area is 218 Å². The summed E-state index contributed by atoms with van der Waals surface area (Å²) >= 11 is 0. The summed E-state index contributed by atoms with van der Waals surface area (Å²) in [4.78, 5) is 28.9. The van der Waals surface area contributed by atoms with E-state index in [1.165, 1.54) is 24.5 Å². The minimum atomic E-state index is -6.54. The average Bonchev–Trinajstić information content (AvgIpc) is 2.85. The van der Waals surface area contributed by atoms with Gasteiger partial charge in [0.15, 0.2) is 11.6 Å². The lowest BCUT2D eigenvalue weighted by molar-refractivity contribution is -0.348. The van der Waals surface area contributed by atoms with Crippen LogP contribution in [0.1, 0.15) is 37.4 Å². The van der Waals surface area contributed by atoms with E-state index >= 15 is 4.39 Å². The fraction of sp³-hybridized carbons (Fsp3) is 0.240. The Balaban J connectivity index is 2.02. The number of ketones is 1. The average molecular weight is 582 g/mol. The minimum absolute atomic E-state index is 0.0808. The number of ether oxygens (including phenoxy) is 1. The molecule has 3 aromatic rings. The second kappa shape index (κ2) is 11.1. The van der Waals surface area contributed by atoms with Crippen LogP contribution in [0.2, 0.25) is 0 Å². The molecule has 0 aliphatic carbocycles. The number of halogens is 10. The highest BCUT2D eigenvalue weighted by Gasteiger charge is 2.73. The molecule has 0 unspecified atom stereocenters. The second-order valence-corrected chi connectivity index (χ2v) is 8.26. The Morgan fingerprint density at radius 1 is 0.950 bits per heavy atom. The van der Waals surface area contributed by atoms with Crippen LogP contribution in [0.4, 0.5) is 49.6 Å². The molecule has 5 nitrogen and oxygen atoms in total. The largest absolute Gasteiger partial charge is 0.435 e. The molecule has 0 saturated heterocycles. The lowest BCUT2D eigenvalue weighted by Gasteiger charge is -2.31. The van der Waals surface area contributed by atoms with Gasteiger partial charge in [-0.1, -0.05) is 12.1 Å². The molecule has 0 aliphatic rings. The Bertz CT molecular complexity index is 1390. The first-order valence-electron chi connectivity index (χ1n) is 10.9. The van der Waals surface area contributed by atoms with Gasteiger partial charge in [-0.15, -0.1) is 0 Å². The highest BCUT2D eigenvalue weighted by molar-refractivity contribution is 6.05. The van der Waals surface area contributed by atoms with Crippen LogP contribution in [0.5, 0.6) is 5.75 Å². The summed E-state index contributed by atoms with van der Waals surface area (Å²) in [6, 6.07) is 5.65. The number of aryl methyl sites for hydroxylation is 1. The van der Waals surface area contributed by atoms with Crippen molar-refractivity contribution >= 4 is 17.4 Å². The number of nitrogens with zero attached hydrogens (tertiary/aromatic N) is 1. The number of hydrogen-bond donors (Lipinski definition) is 1. The smallest absolute Gasteiger partial charge is 0.435 e. The molecule has 0 radical (unpaired) electrons. The van der Waals surface area contributed by atoms with E-state index in [-0.39, 0.29) is 17.7 Å². The van der Waals surface area contributed by atoms with E-state index in [2.05, 4.69) is 15.0 Å². The van der Waals surface area contributed by atoms with Gasteiger partial charge in [-0.25, -0.2) is 8.78 Å². The first kappa shape index (κ1) is 30.4. The van der Waals surface area contributed by atoms with Crippen molar-refractivity contribution in [1.82, 2.24) is 4.98 Å². The molecule has 1 heterocycles. The molecular formula is C25H16F10N2O3. The summed E-state index contributed by atoms with van der Waals surface area (Å²) in [6.45, 7) is -2.96. The first-order valence-corrected chi connectivity index (χ1v) is 10.9. The number of pyridine rings is 1. The molecule has 214 valence electrons. The summed E-state index contributed by atoms with van der Waals surface area (Å²) in [6.07, 6.45) is -11.6. The third-order valence-corrected chi connectivity index (χ3v) is 5.65. The number of benzene rings is 2. The molecule has 1 amide bonds. The number of hydrogen-bond acceptors (Lipinski definition) is 4. The molecular weight excluding hydrogens is 566 g/mol. The predicted molar refractivity (Wildman–Crippen MR) is 119 cm³/mol. The van der Waals surface area contributed by atoms with Gasteiger partial charge in [-0.05, 0) is 42.8 Å². The zero-order chi connectivity index (χ0) is 30.0. The van der Waals surface area contributed by atoms with Crippen molar-refractivity contribution in [2.75, 3.05) is 5.32 Å². The predicted octanol–water partition coefficient (Wildman–Crippen LogP) is 7.10. The third-order valence-electron chi connectivity index (χ3n) is 5.65. The quantitative estimate of drug-likeness (QED) is 0.227. The van der Waals surface area contributed by atoms with Crippen molar-refractivity contribution in [2.24, 2.45) is 0 Å². The number of aromatic nitrogens is 1. The monoisotopic (exact) mass is 582 g/mol. The normalized spacial score (nSPS) is 12.4. The van der Waals surface area contributed by atoms with Crippen LogP contribution in [0.3, 0.4) is 0 Å². The van der Waals surface area contributed by atoms with Crippen molar-refractivity contribution in [3.8, 4) is 5.75 Å². The fourth-order valence-corrected chi connectivity index (χ4v) is 3.70. The topological polar surface area (TPSA) is 68.3 Å². The van der Waals surface area contributed by atoms with Gasteiger partial charge in [-0.2, -0.15) is 35.1 Å². The van der Waals surface area contributed by atoms with Crippen molar-refractivity contribution in [2.45, 2.75) is 38.0 Å². The summed E-state index contributed by atoms with van der Waals surface area (Å²) in [5.41, 5.74) is -10.5. The molecule has 40 heavy (non-hydrogen) atoms. The van der Waals surface area contributed by atoms with Gasteiger partial charge in [0.25, 0.3) is 5.91 Å². The van der Waals surface area contributed by atoms with Crippen LogP contribution in [-0.4, -0.2) is 35.6 Å². The van der Waals surface area contributed by atoms with E-state index in [0.717, 1.165) is 25.1 Å². The van der Waals surface area contributed by atoms with Gasteiger partial charge < -0.3 is 10.1 Å². The second-order valence-electron chi connectivity index (χ2n) is 8.26. The lowest BCUT2D eigenvalue weighted by atomic mass is 9.89. The maximum absolute atomic E-state index is 15.1. The minimum Gasteiger partial charge on any atom is -0.435 e. The van der Waals surface area contributed by atoms with E-state index in [9.17, 15) is 49.1 Å². The van der Waals surface area contributed by atoms with E-state index in [0.29, 0.717) is 0 Å². The fourth-order valence-electron chi connectivity index (χ4n) is 3.70. The van der Waals surface area contributed by atoms with E-state index < -0.39 is 82.3 Å². The van der Waals surface area contributed by atoms with Crippen LogP contribution < -0.4 is 10.1 Å². The Hall–Kier alpha value is -4.17. The van der Waals surface area contributed by atoms with Crippen molar-refractivity contribution < 1.29 is 58.2 Å². The molecule has 15 heteroatoms. The van der Waals surface area contributed by atoms with Crippen LogP contribution in [0, 0.1) is 12.7 Å². The van der Waals surface area contributed by atoms with Crippen LogP contribution in [0.15, 0.2) is 54.9 Å². The summed E-state index contributed by atoms with van der Waals surface area (Å²) < 4.78 is 139. The molecule has 0 aliphatic heterocycles. The zero-order valence-electron chi connectivity index (χ0n) is 19.9. The lowest BCUT2D eigenvalue weighted by Crippen LogP contribution is -2.50. The summed E-state index contributed by atoms with van der Waals surface area (Å²) in [5.74, 6) is -4.58. The van der Waals surface area contributed by atoms with Gasteiger partial charge in [-0.3, -0.25) is 14.6 Å². The van der Waals surface area contributed by atoms with E-state index in [1.807, 2.05) is 0 Å². The van der Waals surface area contributed by atoms with Gasteiger partial charge in [0, 0.05) is 35.5 Å². The molecule has 1 aromatic heterocycles. The van der Waals surface area contributed by atoms with Crippen molar-refractivity contribution in [3.05, 3.63) is 88.5 Å². The maximum atomic E-state index is 15.1. The van der Waals surface area contributed by atoms with Crippen molar-refractivity contribution in [1.29, 1.82) is 0 Å².